The number of hydrogen-bond acceptors (Lipinski definition) is 2. The van der Waals surface area contributed by atoms with E-state index in [2.05, 4.69) is 0 Å². The second-order valence-electron chi connectivity index (χ2n) is 3.52. The molecule has 0 aliphatic heterocycles. The molecule has 0 unspecified atom stereocenters. The lowest BCUT2D eigenvalue weighted by molar-refractivity contribution is -0.131. The van der Waals surface area contributed by atoms with Gasteiger partial charge >= 0.3 is 5.97 Å². The minimum absolute atomic E-state index is 0.0178. The Morgan fingerprint density at radius 3 is 1.89 bits per heavy atom. The fourth-order valence-electron chi connectivity index (χ4n) is 1.15. The van der Waals surface area contributed by atoms with E-state index in [4.69, 9.17) is 67.8 Å². The topological polar surface area (TPSA) is 46.5 Å². The molecule has 0 amide bonds. The molecule has 0 aromatic heterocycles. The van der Waals surface area contributed by atoms with Gasteiger partial charge < -0.3 is 9.84 Å². The van der Waals surface area contributed by atoms with Gasteiger partial charge in [-0.25, -0.2) is 4.79 Å². The molecule has 19 heavy (non-hydrogen) atoms. The van der Waals surface area contributed by atoms with Crippen LogP contribution in [0.25, 0.3) is 0 Å². The van der Waals surface area contributed by atoms with E-state index in [1.807, 2.05) is 0 Å². The standard InChI is InChI=1S/C11H7Cl5O3/c1-4(2-5(17)18)3-19-11-9(15)7(13)6(12)8(14)10(11)16/h2H,3H2,1H3,(H,17,18). The average Bonchev–Trinajstić information content (AvgIpc) is 2.33. The Balaban J connectivity index is 3.06. The molecule has 1 aromatic rings. The number of rotatable bonds is 4. The number of carboxylic acids is 1. The average molecular weight is 364 g/mol. The SMILES string of the molecule is CC(=CC(=O)O)COc1c(Cl)c(Cl)c(Cl)c(Cl)c1Cl. The van der Waals surface area contributed by atoms with Gasteiger partial charge in [0.1, 0.15) is 16.7 Å². The Kier molecular flexibility index (Phi) is 6.09. The van der Waals surface area contributed by atoms with E-state index in [1.54, 1.807) is 6.92 Å². The molecule has 0 fully saturated rings. The van der Waals surface area contributed by atoms with Crippen LogP contribution in [-0.2, 0) is 4.79 Å². The van der Waals surface area contributed by atoms with Gasteiger partial charge in [-0.2, -0.15) is 0 Å². The maximum absolute atomic E-state index is 10.5. The number of carbonyl (C=O) groups is 1. The number of benzene rings is 1. The van der Waals surface area contributed by atoms with E-state index in [0.717, 1.165) is 6.08 Å². The van der Waals surface area contributed by atoms with Crippen LogP contribution in [0.2, 0.25) is 25.1 Å². The molecule has 0 aliphatic carbocycles. The van der Waals surface area contributed by atoms with Crippen LogP contribution in [0.3, 0.4) is 0 Å². The molecule has 1 rings (SSSR count). The summed E-state index contributed by atoms with van der Waals surface area (Å²) in [5.41, 5.74) is 0.460. The molecule has 0 aliphatic rings. The molecule has 0 spiro atoms. The molecule has 0 radical (unpaired) electrons. The maximum Gasteiger partial charge on any atom is 0.328 e. The predicted octanol–water partition coefficient (Wildman–Crippen LogP) is 5.36. The minimum Gasteiger partial charge on any atom is -0.486 e. The van der Waals surface area contributed by atoms with Gasteiger partial charge in [0.15, 0.2) is 5.75 Å². The number of halogens is 5. The third-order valence-electron chi connectivity index (χ3n) is 1.98. The fourth-order valence-corrected chi connectivity index (χ4v) is 2.38. The van der Waals surface area contributed by atoms with Gasteiger partial charge in [-0.05, 0) is 12.5 Å². The highest BCUT2D eigenvalue weighted by atomic mass is 35.5. The third kappa shape index (κ3) is 4.07. The lowest BCUT2D eigenvalue weighted by atomic mass is 10.3. The summed E-state index contributed by atoms with van der Waals surface area (Å²) in [7, 11) is 0. The number of aliphatic carboxylic acids is 1. The summed E-state index contributed by atoms with van der Waals surface area (Å²) < 4.78 is 5.32. The summed E-state index contributed by atoms with van der Waals surface area (Å²) in [5.74, 6) is -1.02. The maximum atomic E-state index is 10.5. The van der Waals surface area contributed by atoms with Crippen LogP contribution in [-0.4, -0.2) is 17.7 Å². The Bertz CT molecular complexity index is 525. The van der Waals surface area contributed by atoms with Crippen molar-refractivity contribution >= 4 is 64.0 Å². The molecule has 3 nitrogen and oxygen atoms in total. The van der Waals surface area contributed by atoms with Crippen molar-refractivity contribution in [3.05, 3.63) is 36.8 Å². The molecular weight excluding hydrogens is 357 g/mol. The highest BCUT2D eigenvalue weighted by molar-refractivity contribution is 6.55. The van der Waals surface area contributed by atoms with Crippen LogP contribution in [0.5, 0.6) is 5.75 Å². The van der Waals surface area contributed by atoms with Gasteiger partial charge in [0.2, 0.25) is 0 Å². The Morgan fingerprint density at radius 1 is 1.05 bits per heavy atom. The van der Waals surface area contributed by atoms with Crippen LogP contribution >= 0.6 is 58.0 Å². The molecule has 0 heterocycles. The second kappa shape index (κ2) is 6.91. The molecule has 0 saturated carbocycles. The van der Waals surface area contributed by atoms with E-state index >= 15 is 0 Å². The fraction of sp³-hybridized carbons (Fsp3) is 0.182. The summed E-state index contributed by atoms with van der Waals surface area (Å²) in [4.78, 5) is 10.5. The number of carboxylic acid groups (broad SMARTS) is 1. The monoisotopic (exact) mass is 362 g/mol. The molecule has 104 valence electrons. The molecule has 8 heteroatoms. The van der Waals surface area contributed by atoms with Crippen molar-refractivity contribution in [1.29, 1.82) is 0 Å². The lowest BCUT2D eigenvalue weighted by Gasteiger charge is -2.13. The Hall–Kier alpha value is -0.320. The first-order valence-electron chi connectivity index (χ1n) is 4.80. The van der Waals surface area contributed by atoms with Crippen LogP contribution in [0.4, 0.5) is 0 Å². The van der Waals surface area contributed by atoms with Gasteiger partial charge in [-0.15, -0.1) is 0 Å². The second-order valence-corrected chi connectivity index (χ2v) is 5.41. The van der Waals surface area contributed by atoms with Gasteiger partial charge in [-0.3, -0.25) is 0 Å². The lowest BCUT2D eigenvalue weighted by Crippen LogP contribution is -2.03. The third-order valence-corrected chi connectivity index (χ3v) is 4.23. The molecule has 1 aromatic carbocycles. The van der Waals surface area contributed by atoms with Crippen molar-refractivity contribution in [3.8, 4) is 5.75 Å². The zero-order valence-corrected chi connectivity index (χ0v) is 13.2. The summed E-state index contributed by atoms with van der Waals surface area (Å²) in [6.45, 7) is 1.55. The van der Waals surface area contributed by atoms with E-state index in [9.17, 15) is 4.79 Å². The van der Waals surface area contributed by atoms with Crippen molar-refractivity contribution in [1.82, 2.24) is 0 Å². The largest absolute Gasteiger partial charge is 0.486 e. The summed E-state index contributed by atoms with van der Waals surface area (Å²) in [6, 6.07) is 0. The smallest absolute Gasteiger partial charge is 0.328 e. The summed E-state index contributed by atoms with van der Waals surface area (Å²) >= 11 is 29.4. The van der Waals surface area contributed by atoms with Gasteiger partial charge in [0, 0.05) is 6.08 Å². The predicted molar refractivity (Wildman–Crippen MR) is 78.4 cm³/mol. The first kappa shape index (κ1) is 16.7. The van der Waals surface area contributed by atoms with Crippen molar-refractivity contribution in [2.45, 2.75) is 6.92 Å². The van der Waals surface area contributed by atoms with Crippen molar-refractivity contribution < 1.29 is 14.6 Å². The zero-order valence-electron chi connectivity index (χ0n) is 9.44. The van der Waals surface area contributed by atoms with E-state index in [-0.39, 0.29) is 37.5 Å². The van der Waals surface area contributed by atoms with Crippen molar-refractivity contribution in [2.75, 3.05) is 6.61 Å². The highest BCUT2D eigenvalue weighted by Gasteiger charge is 2.20. The zero-order chi connectivity index (χ0) is 14.7. The van der Waals surface area contributed by atoms with Crippen LogP contribution in [0.15, 0.2) is 11.6 Å². The normalized spacial score (nSPS) is 11.6. The molecule has 1 N–H and O–H groups in total. The van der Waals surface area contributed by atoms with Crippen molar-refractivity contribution in [3.63, 3.8) is 0 Å². The minimum atomic E-state index is -1.08. The van der Waals surface area contributed by atoms with Crippen LogP contribution in [0, 0.1) is 0 Å². The van der Waals surface area contributed by atoms with Crippen molar-refractivity contribution in [2.24, 2.45) is 0 Å². The highest BCUT2D eigenvalue weighted by Crippen LogP contribution is 2.48. The molecule has 0 atom stereocenters. The van der Waals surface area contributed by atoms with E-state index < -0.39 is 5.97 Å². The first-order valence-corrected chi connectivity index (χ1v) is 6.69. The number of ether oxygens (including phenoxy) is 1. The number of hydrogen-bond donors (Lipinski definition) is 1. The molecular formula is C11H7Cl5O3. The van der Waals surface area contributed by atoms with Gasteiger partial charge in [0.05, 0.1) is 15.1 Å². The molecule has 0 saturated heterocycles. The summed E-state index contributed by atoms with van der Waals surface area (Å²) in [6.07, 6.45) is 1.00. The van der Waals surface area contributed by atoms with Gasteiger partial charge in [0.25, 0.3) is 0 Å². The van der Waals surface area contributed by atoms with Gasteiger partial charge in [-0.1, -0.05) is 58.0 Å². The van der Waals surface area contributed by atoms with Crippen LogP contribution < -0.4 is 4.74 Å². The Morgan fingerprint density at radius 2 is 1.47 bits per heavy atom. The van der Waals surface area contributed by atoms with E-state index in [0.29, 0.717) is 5.57 Å². The van der Waals surface area contributed by atoms with E-state index in [1.165, 1.54) is 0 Å². The quantitative estimate of drug-likeness (QED) is 0.444. The van der Waals surface area contributed by atoms with Crippen LogP contribution in [0.1, 0.15) is 6.92 Å². The Labute approximate surface area is 134 Å². The summed E-state index contributed by atoms with van der Waals surface area (Å²) in [5, 5.41) is 8.68. The first-order chi connectivity index (χ1) is 8.75. The molecule has 0 bridgehead atoms.